The van der Waals surface area contributed by atoms with Crippen LogP contribution in [0.4, 0.5) is 0 Å². The number of carbonyl (C=O) groups is 8. The van der Waals surface area contributed by atoms with E-state index in [1.165, 1.54) is 0 Å². The third kappa shape index (κ3) is 26.5. The fraction of sp³-hybridized carbons (Fsp3) is 0.286. The van der Waals surface area contributed by atoms with E-state index in [1.807, 2.05) is 194 Å². The van der Waals surface area contributed by atoms with Crippen LogP contribution in [0.1, 0.15) is 73.6 Å². The van der Waals surface area contributed by atoms with Gasteiger partial charge in [-0.15, -0.1) is 0 Å². The predicted molar refractivity (Wildman–Crippen MR) is 434 cm³/mol. The van der Waals surface area contributed by atoms with Crippen LogP contribution in [0, 0.1) is 21.6 Å². The molecule has 0 unspecified atom stereocenters. The maximum Gasteiger partial charge on any atom is 0.243 e. The molecule has 28 heteroatoms. The minimum Gasteiger partial charge on any atom is -0.370 e. The average molecular weight is 1520 g/mol. The molecule has 1 heterocycles. The zero-order valence-electron chi connectivity index (χ0n) is 62.3. The van der Waals surface area contributed by atoms with E-state index in [2.05, 4.69) is 63.8 Å². The molecule has 0 aliphatic carbocycles. The van der Waals surface area contributed by atoms with E-state index in [0.29, 0.717) is 22.3 Å². The maximum atomic E-state index is 15.9. The molecular weight excluding hydrogens is 1420 g/mol. The van der Waals surface area contributed by atoms with Crippen LogP contribution in [0.2, 0.25) is 0 Å². The maximum absolute atomic E-state index is 15.9. The fourth-order valence-corrected chi connectivity index (χ4v) is 13.0. The Morgan fingerprint density at radius 3 is 0.554 bits per heavy atom. The van der Waals surface area contributed by atoms with Gasteiger partial charge in [-0.25, -0.2) is 0 Å². The Morgan fingerprint density at radius 1 is 0.232 bits per heavy atom. The fourth-order valence-electron chi connectivity index (χ4n) is 13.0. The number of nitrogens with two attached hydrogens (primary N) is 4. The second-order valence-corrected chi connectivity index (χ2v) is 27.5. The first-order chi connectivity index (χ1) is 54.1. The minimum absolute atomic E-state index is 0.0531. The van der Waals surface area contributed by atoms with Crippen molar-refractivity contribution in [1.82, 2.24) is 63.8 Å². The van der Waals surface area contributed by atoms with E-state index >= 15 is 38.4 Å². The summed E-state index contributed by atoms with van der Waals surface area (Å²) in [5, 5.41) is 65.3. The van der Waals surface area contributed by atoms with Crippen LogP contribution in [0.15, 0.2) is 218 Å². The van der Waals surface area contributed by atoms with Gasteiger partial charge in [0.1, 0.15) is 48.3 Å². The Bertz CT molecular complexity index is 4280. The molecule has 8 amide bonds. The summed E-state index contributed by atoms with van der Waals surface area (Å²) in [4.78, 5) is 124. The molecule has 112 heavy (non-hydrogen) atoms. The molecule has 0 spiro atoms. The molecule has 1 aliphatic heterocycles. The summed E-state index contributed by atoms with van der Waals surface area (Å²) in [6.45, 7) is 0.223. The van der Waals surface area contributed by atoms with Crippen molar-refractivity contribution in [3.63, 3.8) is 0 Å². The van der Waals surface area contributed by atoms with Crippen LogP contribution in [0.3, 0.4) is 0 Å². The largest absolute Gasteiger partial charge is 0.370 e. The highest BCUT2D eigenvalue weighted by Crippen LogP contribution is 2.25. The number of amides is 8. The lowest BCUT2D eigenvalue weighted by Crippen LogP contribution is -2.62. The molecule has 8 aromatic rings. The van der Waals surface area contributed by atoms with E-state index in [0.717, 1.165) is 44.5 Å². The van der Waals surface area contributed by atoms with Crippen molar-refractivity contribution in [3.8, 4) is 44.5 Å². The summed E-state index contributed by atoms with van der Waals surface area (Å²) in [5.41, 5.74) is 32.1. The lowest BCUT2D eigenvalue weighted by atomic mass is 9.97. The summed E-state index contributed by atoms with van der Waals surface area (Å²) in [7, 11) is 0. The first-order valence-electron chi connectivity index (χ1n) is 37.4. The number of nitrogens with one attached hydrogen (secondary N) is 16. The number of hydrogen-bond donors (Lipinski definition) is 20. The quantitative estimate of drug-likeness (QED) is 0.0181. The first kappa shape index (κ1) is 82.7. The average Bonchev–Trinajstić information content (AvgIpc) is 0.828. The third-order valence-electron chi connectivity index (χ3n) is 19.0. The lowest BCUT2D eigenvalue weighted by molar-refractivity contribution is -0.136. The van der Waals surface area contributed by atoms with Crippen molar-refractivity contribution in [2.75, 3.05) is 26.2 Å². The van der Waals surface area contributed by atoms with Gasteiger partial charge in [0, 0.05) is 51.9 Å². The topological polar surface area (TPSA) is 480 Å². The third-order valence-corrected chi connectivity index (χ3v) is 19.0. The smallest absolute Gasteiger partial charge is 0.243 e. The van der Waals surface area contributed by atoms with Crippen LogP contribution >= 0.6 is 0 Å². The highest BCUT2D eigenvalue weighted by molar-refractivity contribution is 5.99. The van der Waals surface area contributed by atoms with E-state index in [-0.39, 0.29) is 127 Å². The van der Waals surface area contributed by atoms with E-state index in [9.17, 15) is 0 Å². The van der Waals surface area contributed by atoms with Crippen molar-refractivity contribution in [1.29, 1.82) is 21.6 Å². The van der Waals surface area contributed by atoms with Gasteiger partial charge >= 0.3 is 0 Å². The molecule has 28 nitrogen and oxygen atoms in total. The minimum atomic E-state index is -1.50. The van der Waals surface area contributed by atoms with Gasteiger partial charge in [-0.1, -0.05) is 218 Å². The zero-order valence-corrected chi connectivity index (χ0v) is 62.3. The molecular formula is C84H100N20O8. The highest BCUT2D eigenvalue weighted by Gasteiger charge is 2.37. The van der Waals surface area contributed by atoms with E-state index in [1.54, 1.807) is 24.3 Å². The van der Waals surface area contributed by atoms with Gasteiger partial charge in [-0.05, 0) is 118 Å². The normalized spacial score (nSPS) is 18.9. The van der Waals surface area contributed by atoms with Crippen LogP contribution in [-0.2, 0) is 64.0 Å². The van der Waals surface area contributed by atoms with Gasteiger partial charge in [-0.2, -0.15) is 0 Å². The predicted octanol–water partition coefficient (Wildman–Crippen LogP) is 4.57. The van der Waals surface area contributed by atoms with Crippen molar-refractivity contribution in [2.24, 2.45) is 22.9 Å². The molecule has 8 aromatic carbocycles. The second-order valence-electron chi connectivity index (χ2n) is 27.5. The van der Waals surface area contributed by atoms with Gasteiger partial charge in [-0.3, -0.25) is 60.0 Å². The Labute approximate surface area is 651 Å². The van der Waals surface area contributed by atoms with Crippen LogP contribution in [0.5, 0.6) is 0 Å². The van der Waals surface area contributed by atoms with Gasteiger partial charge in [0.2, 0.25) is 47.3 Å². The molecule has 0 aromatic heterocycles. The van der Waals surface area contributed by atoms with Crippen molar-refractivity contribution < 1.29 is 38.4 Å². The van der Waals surface area contributed by atoms with Crippen LogP contribution in [0.25, 0.3) is 44.5 Å². The van der Waals surface area contributed by atoms with Gasteiger partial charge in [0.05, 0.1) is 0 Å². The first-order valence-corrected chi connectivity index (χ1v) is 37.4. The Morgan fingerprint density at radius 2 is 0.384 bits per heavy atom. The Hall–Kier alpha value is -13.4. The van der Waals surface area contributed by atoms with Gasteiger partial charge < -0.3 is 86.7 Å². The molecule has 1 fully saturated rings. The van der Waals surface area contributed by atoms with Crippen molar-refractivity contribution in [3.05, 3.63) is 241 Å². The molecule has 1 saturated heterocycles. The van der Waals surface area contributed by atoms with Crippen LogP contribution < -0.4 is 86.7 Å². The number of carbonyl (C=O) groups excluding carboxylic acids is 8. The Balaban J connectivity index is 1.18. The molecule has 8 atom stereocenters. The van der Waals surface area contributed by atoms with Crippen molar-refractivity contribution >= 4 is 71.1 Å². The van der Waals surface area contributed by atoms with Crippen molar-refractivity contribution in [2.45, 2.75) is 125 Å². The van der Waals surface area contributed by atoms with E-state index in [4.69, 9.17) is 44.6 Å². The van der Waals surface area contributed by atoms with Gasteiger partial charge in [0.25, 0.3) is 0 Å². The zero-order chi connectivity index (χ0) is 79.7. The summed E-state index contributed by atoms with van der Waals surface area (Å²) < 4.78 is 0. The molecule has 0 saturated carbocycles. The molecule has 0 radical (unpaired) electrons. The highest BCUT2D eigenvalue weighted by atomic mass is 16.2. The number of guanidine groups is 4. The Kier molecular flexibility index (Phi) is 31.3. The summed E-state index contributed by atoms with van der Waals surface area (Å²) in [6.07, 6.45) is -0.789. The lowest BCUT2D eigenvalue weighted by Gasteiger charge is -2.29. The summed E-state index contributed by atoms with van der Waals surface area (Å²) in [6, 6.07) is 56.1. The summed E-state index contributed by atoms with van der Waals surface area (Å²) >= 11 is 0. The molecule has 0 bridgehead atoms. The number of rotatable bonds is 28. The monoisotopic (exact) mass is 1520 g/mol. The summed E-state index contributed by atoms with van der Waals surface area (Å²) in [5.74, 6) is -8.33. The molecule has 1 aliphatic rings. The molecule has 9 rings (SSSR count). The molecule has 584 valence electrons. The SMILES string of the molecule is N=C(N)NCCC[C@@H]1NC(=O)[C@H](CCCNC(=N)N)NC(=O)[C@H](CCCNC(=N)N)NC(=O)[C@H](Cc2ccc(-c3ccccc3)cc2)NC(=O)[C@H](Cc2ccc(-c3ccccc3)cc2)NC(=O)[C@H](Cc2ccc(-c3ccccc3)cc2)NC(=O)[C@H](Cc2ccc(-c3ccccc3)cc2)NC(=O)[C@H](CCCNC(=N)N)NC1=O. The molecule has 24 N–H and O–H groups in total. The number of hydrogen-bond acceptors (Lipinski definition) is 12. The van der Waals surface area contributed by atoms with Gasteiger partial charge in [0.15, 0.2) is 23.8 Å². The van der Waals surface area contributed by atoms with E-state index < -0.39 is 95.6 Å². The van der Waals surface area contributed by atoms with Crippen LogP contribution in [-0.4, -0.2) is 146 Å². The standard InChI is InChI=1S/C84H100N20O8/c85-81(86)93-45-13-25-65-73(105)97-66(26-14-46-94-82(87)88)74(106)99-68(28-16-48-96-84(91)92)76(108)101-70(50-54-31-39-62(40-32-54)58-19-7-2-8-20-58)78(110)103-72(52-56-35-43-64(44-36-56)60-23-11-4-12-24-60)80(112)104-71(51-55-33-41-63(42-34-55)59-21-9-3-10-22-59)79(111)102-69(49-53-29-37-61(38-30-53)57-17-5-1-6-18-57)77(109)100-67(75(107)98-65)27-15-47-95-83(89)90/h1-12,17-24,29-44,65-72H,13-16,25-28,45-52H2,(H,97,105)(H,98,107)(H,99,106)(H,100,109)(H,101,108)(H,102,111)(H,103,110)(H,104,112)(H4,85,86,93)(H4,87,88,94)(H4,89,90,95)(H4,91,92,96)/t65-,66-,67-,68-,69-,70-,71-,72-/m0/s1. The number of benzene rings is 8. The second kappa shape index (κ2) is 42.4.